The van der Waals surface area contributed by atoms with Crippen LogP contribution < -0.4 is 14.9 Å². The highest BCUT2D eigenvalue weighted by Gasteiger charge is 2.18. The molecule has 0 bridgehead atoms. The fourth-order valence-electron chi connectivity index (χ4n) is 3.03. The summed E-state index contributed by atoms with van der Waals surface area (Å²) in [5, 5.41) is 0.400. The van der Waals surface area contributed by atoms with Crippen LogP contribution in [0, 0.1) is 0 Å². The average molecular weight is 381 g/mol. The molecule has 1 saturated heterocycles. The summed E-state index contributed by atoms with van der Waals surface area (Å²) >= 11 is 0. The van der Waals surface area contributed by atoms with Gasteiger partial charge in [-0.25, -0.2) is 0 Å². The second kappa shape index (κ2) is 7.74. The molecule has 0 unspecified atom stereocenters. The van der Waals surface area contributed by atoms with Crippen LogP contribution in [0.3, 0.4) is 0 Å². The summed E-state index contributed by atoms with van der Waals surface area (Å²) in [7, 11) is 1.55. The van der Waals surface area contributed by atoms with Gasteiger partial charge in [0.1, 0.15) is 23.3 Å². The Labute approximate surface area is 161 Å². The molecule has 7 heteroatoms. The molecule has 2 heterocycles. The third-order valence-electron chi connectivity index (χ3n) is 4.58. The monoisotopic (exact) mass is 381 g/mol. The Morgan fingerprint density at radius 2 is 1.75 bits per heavy atom. The third kappa shape index (κ3) is 3.57. The number of carbonyl (C=O) groups excluding carboxylic acids is 1. The molecule has 1 aliphatic rings. The highest BCUT2D eigenvalue weighted by Crippen LogP contribution is 2.24. The number of rotatable bonds is 4. The zero-order valence-electron chi connectivity index (χ0n) is 15.3. The largest absolute Gasteiger partial charge is 0.497 e. The fraction of sp³-hybridized carbons (Fsp3) is 0.238. The van der Waals surface area contributed by atoms with Crippen LogP contribution in [0.15, 0.2) is 57.9 Å². The number of carbonyl (C=O) groups is 1. The van der Waals surface area contributed by atoms with Crippen LogP contribution in [0.5, 0.6) is 17.2 Å². The smallest absolute Gasteiger partial charge is 0.254 e. The van der Waals surface area contributed by atoms with Crippen molar-refractivity contribution in [1.29, 1.82) is 0 Å². The maximum atomic E-state index is 12.6. The number of fused-ring (bicyclic) bond motifs is 1. The van der Waals surface area contributed by atoms with E-state index in [4.69, 9.17) is 18.6 Å². The van der Waals surface area contributed by atoms with Gasteiger partial charge in [-0.2, -0.15) is 0 Å². The highest BCUT2D eigenvalue weighted by molar-refractivity contribution is 5.94. The molecule has 0 aliphatic carbocycles. The Kier molecular flexibility index (Phi) is 4.99. The lowest BCUT2D eigenvalue weighted by Gasteiger charge is -2.26. The Morgan fingerprint density at radius 1 is 1.04 bits per heavy atom. The minimum atomic E-state index is -0.280. The van der Waals surface area contributed by atoms with Gasteiger partial charge in [0, 0.05) is 24.7 Å². The number of hydrogen-bond acceptors (Lipinski definition) is 6. The van der Waals surface area contributed by atoms with Gasteiger partial charge in [-0.3, -0.25) is 9.59 Å². The van der Waals surface area contributed by atoms with Crippen molar-refractivity contribution < 1.29 is 23.4 Å². The predicted molar refractivity (Wildman–Crippen MR) is 102 cm³/mol. The van der Waals surface area contributed by atoms with E-state index < -0.39 is 0 Å². The van der Waals surface area contributed by atoms with Crippen LogP contribution in [-0.2, 0) is 4.74 Å². The molecule has 1 aromatic heterocycles. The molecule has 0 N–H and O–H groups in total. The molecule has 0 radical (unpaired) electrons. The van der Waals surface area contributed by atoms with E-state index in [0.717, 1.165) is 0 Å². The van der Waals surface area contributed by atoms with Gasteiger partial charge in [0.05, 0.1) is 25.7 Å². The first kappa shape index (κ1) is 18.1. The topological polar surface area (TPSA) is 78.2 Å². The van der Waals surface area contributed by atoms with Gasteiger partial charge in [0.2, 0.25) is 11.2 Å². The van der Waals surface area contributed by atoms with Crippen LogP contribution >= 0.6 is 0 Å². The van der Waals surface area contributed by atoms with Crippen molar-refractivity contribution in [2.75, 3.05) is 33.4 Å². The van der Waals surface area contributed by atoms with Gasteiger partial charge in [-0.15, -0.1) is 0 Å². The third-order valence-corrected chi connectivity index (χ3v) is 4.58. The maximum Gasteiger partial charge on any atom is 0.254 e. The fourth-order valence-corrected chi connectivity index (χ4v) is 3.03. The standard InChI is InChI=1S/C21H19NO6/c1-25-16-6-7-17-18(12-16)27-13-19(20(17)23)28-15-4-2-14(3-5-15)21(24)22-8-10-26-11-9-22/h2-7,12-13H,8-11H2,1H3. The van der Waals surface area contributed by atoms with E-state index in [1.807, 2.05) is 0 Å². The molecular weight excluding hydrogens is 362 g/mol. The van der Waals surface area contributed by atoms with Gasteiger partial charge >= 0.3 is 0 Å². The zero-order chi connectivity index (χ0) is 19.5. The highest BCUT2D eigenvalue weighted by atomic mass is 16.5. The number of nitrogens with zero attached hydrogens (tertiary/aromatic N) is 1. The van der Waals surface area contributed by atoms with Gasteiger partial charge < -0.3 is 23.5 Å². The van der Waals surface area contributed by atoms with Crippen LogP contribution in [-0.4, -0.2) is 44.2 Å². The van der Waals surface area contributed by atoms with E-state index in [2.05, 4.69) is 0 Å². The molecule has 0 spiro atoms. The first-order valence-corrected chi connectivity index (χ1v) is 8.90. The van der Waals surface area contributed by atoms with Gasteiger partial charge in [0.25, 0.3) is 5.91 Å². The number of methoxy groups -OCH3 is 1. The van der Waals surface area contributed by atoms with Crippen molar-refractivity contribution in [3.63, 3.8) is 0 Å². The van der Waals surface area contributed by atoms with Gasteiger partial charge in [-0.05, 0) is 36.4 Å². The molecule has 0 saturated carbocycles. The average Bonchev–Trinajstić information content (AvgIpc) is 2.76. The first-order chi connectivity index (χ1) is 13.7. The number of hydrogen-bond donors (Lipinski definition) is 0. The molecule has 0 atom stereocenters. The van der Waals surface area contributed by atoms with Crippen LogP contribution in [0.4, 0.5) is 0 Å². The SMILES string of the molecule is COc1ccc2c(=O)c(Oc3ccc(C(=O)N4CCOCC4)cc3)coc2c1. The van der Waals surface area contributed by atoms with Crippen LogP contribution in [0.2, 0.25) is 0 Å². The van der Waals surface area contributed by atoms with E-state index in [1.54, 1.807) is 54.5 Å². The molecule has 28 heavy (non-hydrogen) atoms. The van der Waals surface area contributed by atoms with E-state index in [-0.39, 0.29) is 17.1 Å². The normalized spacial score (nSPS) is 14.1. The molecule has 1 aliphatic heterocycles. The minimum Gasteiger partial charge on any atom is -0.497 e. The lowest BCUT2D eigenvalue weighted by Crippen LogP contribution is -2.40. The van der Waals surface area contributed by atoms with E-state index in [1.165, 1.54) is 6.26 Å². The molecule has 4 rings (SSSR count). The lowest BCUT2D eigenvalue weighted by molar-refractivity contribution is 0.0303. The summed E-state index contributed by atoms with van der Waals surface area (Å²) in [5.74, 6) is 1.07. The molecule has 3 aromatic rings. The summed E-state index contributed by atoms with van der Waals surface area (Å²) in [6, 6.07) is 11.6. The number of ether oxygens (including phenoxy) is 3. The van der Waals surface area contributed by atoms with Crippen LogP contribution in [0.25, 0.3) is 11.0 Å². The Morgan fingerprint density at radius 3 is 2.46 bits per heavy atom. The summed E-state index contributed by atoms with van der Waals surface area (Å²) in [6.45, 7) is 2.27. The summed E-state index contributed by atoms with van der Waals surface area (Å²) in [6.07, 6.45) is 1.27. The molecule has 1 amide bonds. The van der Waals surface area contributed by atoms with E-state index in [9.17, 15) is 9.59 Å². The number of benzene rings is 2. The van der Waals surface area contributed by atoms with Crippen LogP contribution in [0.1, 0.15) is 10.4 Å². The van der Waals surface area contributed by atoms with Crippen molar-refractivity contribution in [2.24, 2.45) is 0 Å². The quantitative estimate of drug-likeness (QED) is 0.691. The predicted octanol–water partition coefficient (Wildman–Crippen LogP) is 3.07. The van der Waals surface area contributed by atoms with E-state index in [0.29, 0.717) is 54.3 Å². The van der Waals surface area contributed by atoms with Crippen molar-refractivity contribution in [1.82, 2.24) is 4.90 Å². The van der Waals surface area contributed by atoms with Crippen molar-refractivity contribution in [2.45, 2.75) is 0 Å². The Bertz CT molecular complexity index is 1050. The summed E-state index contributed by atoms with van der Waals surface area (Å²) in [4.78, 5) is 26.8. The minimum absolute atomic E-state index is 0.0472. The number of amides is 1. The van der Waals surface area contributed by atoms with Crippen molar-refractivity contribution >= 4 is 16.9 Å². The Hall–Kier alpha value is -3.32. The first-order valence-electron chi connectivity index (χ1n) is 8.90. The molecule has 144 valence electrons. The molecular formula is C21H19NO6. The second-order valence-electron chi connectivity index (χ2n) is 6.32. The molecule has 7 nitrogen and oxygen atoms in total. The Balaban J connectivity index is 1.53. The molecule has 1 fully saturated rings. The van der Waals surface area contributed by atoms with Crippen molar-refractivity contribution in [3.05, 3.63) is 64.5 Å². The van der Waals surface area contributed by atoms with Gasteiger partial charge in [-0.1, -0.05) is 0 Å². The van der Waals surface area contributed by atoms with Crippen molar-refractivity contribution in [3.8, 4) is 17.2 Å². The number of morpholine rings is 1. The van der Waals surface area contributed by atoms with E-state index >= 15 is 0 Å². The molecule has 2 aromatic carbocycles. The summed E-state index contributed by atoms with van der Waals surface area (Å²) in [5.41, 5.74) is 0.701. The maximum absolute atomic E-state index is 12.6. The zero-order valence-corrected chi connectivity index (χ0v) is 15.3. The second-order valence-corrected chi connectivity index (χ2v) is 6.32. The lowest BCUT2D eigenvalue weighted by atomic mass is 10.2. The summed E-state index contributed by atoms with van der Waals surface area (Å²) < 4.78 is 21.6. The van der Waals surface area contributed by atoms with Gasteiger partial charge in [0.15, 0.2) is 0 Å².